The number of benzene rings is 1. The van der Waals surface area contributed by atoms with Crippen molar-refractivity contribution in [3.63, 3.8) is 0 Å². The van der Waals surface area contributed by atoms with E-state index in [9.17, 15) is 13.2 Å². The highest BCUT2D eigenvalue weighted by Crippen LogP contribution is 2.24. The molecule has 0 aliphatic carbocycles. The minimum Gasteiger partial charge on any atom is -0.341 e. The van der Waals surface area contributed by atoms with Gasteiger partial charge in [0.05, 0.1) is 15.9 Å². The van der Waals surface area contributed by atoms with E-state index in [4.69, 9.17) is 4.98 Å². The number of aromatic nitrogens is 2. The zero-order valence-electron chi connectivity index (χ0n) is 20.0. The van der Waals surface area contributed by atoms with E-state index >= 15 is 0 Å². The van der Waals surface area contributed by atoms with E-state index < -0.39 is 10.0 Å². The minimum atomic E-state index is -3.52. The molecule has 3 rings (SSSR count). The van der Waals surface area contributed by atoms with E-state index in [2.05, 4.69) is 30.5 Å². The second kappa shape index (κ2) is 10.3. The second-order valence-corrected chi connectivity index (χ2v) is 11.2. The summed E-state index contributed by atoms with van der Waals surface area (Å²) in [5.74, 6) is 1.02. The topological polar surface area (TPSA) is 78.8 Å². The molecule has 0 saturated carbocycles. The van der Waals surface area contributed by atoms with Crippen molar-refractivity contribution in [2.45, 2.75) is 62.9 Å². The van der Waals surface area contributed by atoms with Crippen LogP contribution in [0.5, 0.6) is 0 Å². The number of amides is 1. The average Bonchev–Trinajstić information content (AvgIpc) is 3.12. The van der Waals surface area contributed by atoms with E-state index in [1.165, 1.54) is 18.4 Å². The maximum absolute atomic E-state index is 12.9. The summed E-state index contributed by atoms with van der Waals surface area (Å²) in [4.78, 5) is 22.1. The summed E-state index contributed by atoms with van der Waals surface area (Å²) in [6.45, 7) is 4.55. The maximum atomic E-state index is 12.9. The van der Waals surface area contributed by atoms with Gasteiger partial charge < -0.3 is 14.4 Å². The minimum absolute atomic E-state index is 0.168. The van der Waals surface area contributed by atoms with Crippen LogP contribution in [-0.4, -0.2) is 85.3 Å². The Morgan fingerprint density at radius 1 is 1.22 bits per heavy atom. The van der Waals surface area contributed by atoms with Gasteiger partial charge in [-0.15, -0.1) is 0 Å². The first-order valence-corrected chi connectivity index (χ1v) is 12.9. The number of carbonyl (C=O) groups excluding carboxylic acids is 1. The highest BCUT2D eigenvalue weighted by atomic mass is 32.2. The molecule has 0 spiro atoms. The van der Waals surface area contributed by atoms with Crippen LogP contribution in [0, 0.1) is 0 Å². The van der Waals surface area contributed by atoms with E-state index in [0.29, 0.717) is 24.4 Å². The van der Waals surface area contributed by atoms with Gasteiger partial charge in [0.2, 0.25) is 15.9 Å². The van der Waals surface area contributed by atoms with Crippen molar-refractivity contribution in [2.24, 2.45) is 0 Å². The Bertz CT molecular complexity index is 1050. The molecule has 1 aliphatic rings. The Morgan fingerprint density at radius 3 is 2.62 bits per heavy atom. The van der Waals surface area contributed by atoms with Gasteiger partial charge in [0.15, 0.2) is 0 Å². The first kappa shape index (κ1) is 24.7. The van der Waals surface area contributed by atoms with Crippen LogP contribution in [0.1, 0.15) is 44.9 Å². The number of hydrogen-bond donors (Lipinski definition) is 0. The van der Waals surface area contributed by atoms with Crippen LogP contribution >= 0.6 is 0 Å². The van der Waals surface area contributed by atoms with E-state index in [1.54, 1.807) is 12.1 Å². The first-order chi connectivity index (χ1) is 15.1. The monoisotopic (exact) mass is 463 g/mol. The maximum Gasteiger partial charge on any atom is 0.242 e. The molecule has 0 radical (unpaired) electrons. The Morgan fingerprint density at radius 2 is 1.97 bits per heavy atom. The van der Waals surface area contributed by atoms with Gasteiger partial charge in [0, 0.05) is 52.6 Å². The van der Waals surface area contributed by atoms with Crippen LogP contribution in [0.2, 0.25) is 0 Å². The lowest BCUT2D eigenvalue weighted by Crippen LogP contribution is -2.47. The summed E-state index contributed by atoms with van der Waals surface area (Å²) in [7, 11) is 3.67. The quantitative estimate of drug-likeness (QED) is 0.571. The molecule has 178 valence electrons. The third-order valence-electron chi connectivity index (χ3n) is 6.35. The molecule has 1 aliphatic heterocycles. The lowest BCUT2D eigenvalue weighted by atomic mass is 10.0. The second-order valence-electron chi connectivity index (χ2n) is 9.07. The number of imidazole rings is 1. The lowest BCUT2D eigenvalue weighted by molar-refractivity contribution is -0.133. The van der Waals surface area contributed by atoms with Crippen LogP contribution in [0.3, 0.4) is 0 Å². The largest absolute Gasteiger partial charge is 0.341 e. The number of fused-ring (bicyclic) bond motifs is 1. The number of sulfonamides is 1. The van der Waals surface area contributed by atoms with E-state index in [1.807, 2.05) is 11.0 Å². The van der Waals surface area contributed by atoms with Crippen molar-refractivity contribution in [2.75, 3.05) is 41.3 Å². The van der Waals surface area contributed by atoms with Crippen LogP contribution in [-0.2, 0) is 27.8 Å². The molecular formula is C23H37N5O3S. The molecule has 1 amide bonds. The van der Waals surface area contributed by atoms with Crippen molar-refractivity contribution < 1.29 is 13.2 Å². The highest BCUT2D eigenvalue weighted by molar-refractivity contribution is 7.89. The normalized spacial score (nSPS) is 17.6. The molecule has 1 unspecified atom stereocenters. The van der Waals surface area contributed by atoms with Gasteiger partial charge in [-0.05, 0) is 51.6 Å². The fourth-order valence-corrected chi connectivity index (χ4v) is 5.19. The molecule has 8 nitrogen and oxygen atoms in total. The standard InChI is InChI=1S/C23H37N5O3S/c1-6-7-15-28-21-11-10-19(32(30,31)26(4)5)16-20(21)24-22(28)12-13-23(29)27-14-8-9-18(17-27)25(2)3/h10-11,16,18H,6-9,12-15,17H2,1-5H3. The third-order valence-corrected chi connectivity index (χ3v) is 8.17. The number of nitrogens with zero attached hydrogens (tertiary/aromatic N) is 5. The van der Waals surface area contributed by atoms with E-state index in [-0.39, 0.29) is 10.8 Å². The number of rotatable bonds is 9. The third kappa shape index (κ3) is 5.32. The van der Waals surface area contributed by atoms with Crippen LogP contribution < -0.4 is 0 Å². The Kier molecular flexibility index (Phi) is 7.95. The molecule has 1 aromatic heterocycles. The molecule has 1 atom stereocenters. The number of carbonyl (C=O) groups is 1. The number of unbranched alkanes of at least 4 members (excludes halogenated alkanes) is 1. The SMILES string of the molecule is CCCCn1c(CCC(=O)N2CCCC(N(C)C)C2)nc2cc(S(=O)(=O)N(C)C)ccc21. The van der Waals surface area contributed by atoms with E-state index in [0.717, 1.165) is 56.7 Å². The van der Waals surface area contributed by atoms with Crippen molar-refractivity contribution >= 4 is 27.0 Å². The molecule has 1 aromatic carbocycles. The lowest BCUT2D eigenvalue weighted by Gasteiger charge is -2.36. The van der Waals surface area contributed by atoms with Crippen LogP contribution in [0.4, 0.5) is 0 Å². The summed E-state index contributed by atoms with van der Waals surface area (Å²) in [6, 6.07) is 5.54. The number of piperidine rings is 1. The fourth-order valence-electron chi connectivity index (χ4n) is 4.27. The molecule has 32 heavy (non-hydrogen) atoms. The van der Waals surface area contributed by atoms with Gasteiger partial charge in [-0.2, -0.15) is 0 Å². The average molecular weight is 464 g/mol. The molecular weight excluding hydrogens is 426 g/mol. The van der Waals surface area contributed by atoms with Gasteiger partial charge in [-0.25, -0.2) is 17.7 Å². The predicted octanol–water partition coefficient (Wildman–Crippen LogP) is 2.57. The van der Waals surface area contributed by atoms with Gasteiger partial charge >= 0.3 is 0 Å². The molecule has 1 fully saturated rings. The number of aryl methyl sites for hydroxylation is 2. The molecule has 2 heterocycles. The zero-order valence-corrected chi connectivity index (χ0v) is 20.9. The summed E-state index contributed by atoms with van der Waals surface area (Å²) in [6.07, 6.45) is 5.18. The van der Waals surface area contributed by atoms with Gasteiger partial charge in [0.1, 0.15) is 5.82 Å². The highest BCUT2D eigenvalue weighted by Gasteiger charge is 2.25. The molecule has 0 bridgehead atoms. The summed E-state index contributed by atoms with van der Waals surface area (Å²) in [5, 5.41) is 0. The molecule has 9 heteroatoms. The summed E-state index contributed by atoms with van der Waals surface area (Å²) >= 11 is 0. The Labute approximate surface area is 192 Å². The van der Waals surface area contributed by atoms with Crippen LogP contribution in [0.15, 0.2) is 23.1 Å². The fraction of sp³-hybridized carbons (Fsp3) is 0.652. The predicted molar refractivity (Wildman–Crippen MR) is 127 cm³/mol. The van der Waals surface area contributed by atoms with Gasteiger partial charge in [0.25, 0.3) is 0 Å². The molecule has 0 N–H and O–H groups in total. The van der Waals surface area contributed by atoms with Gasteiger partial charge in [-0.3, -0.25) is 4.79 Å². The smallest absolute Gasteiger partial charge is 0.242 e. The number of hydrogen-bond acceptors (Lipinski definition) is 5. The van der Waals surface area contributed by atoms with Crippen LogP contribution in [0.25, 0.3) is 11.0 Å². The number of likely N-dealkylation sites (N-methyl/N-ethyl adjacent to an activating group) is 1. The first-order valence-electron chi connectivity index (χ1n) is 11.5. The summed E-state index contributed by atoms with van der Waals surface area (Å²) in [5.41, 5.74) is 1.58. The Balaban J connectivity index is 1.82. The summed E-state index contributed by atoms with van der Waals surface area (Å²) < 4.78 is 28.4. The van der Waals surface area contributed by atoms with Crippen molar-refractivity contribution in [1.82, 2.24) is 23.7 Å². The molecule has 2 aromatic rings. The van der Waals surface area contributed by atoms with Gasteiger partial charge in [-0.1, -0.05) is 13.3 Å². The van der Waals surface area contributed by atoms with Crippen molar-refractivity contribution in [1.29, 1.82) is 0 Å². The zero-order chi connectivity index (χ0) is 23.5. The van der Waals surface area contributed by atoms with Crippen molar-refractivity contribution in [3.05, 3.63) is 24.0 Å². The molecule has 1 saturated heterocycles. The van der Waals surface area contributed by atoms with Crippen molar-refractivity contribution in [3.8, 4) is 0 Å². The number of likely N-dealkylation sites (tertiary alicyclic amines) is 1. The Hall–Kier alpha value is -1.97.